The number of carbonyl (C=O) groups excluding carboxylic acids is 8. The normalized spacial score (nSPS) is 25.9. The lowest BCUT2D eigenvalue weighted by Crippen LogP contribution is -2.69. The van der Waals surface area contributed by atoms with Crippen LogP contribution in [0.2, 0.25) is 0 Å². The van der Waals surface area contributed by atoms with Gasteiger partial charge in [0.1, 0.15) is 44.2 Å². The molecule has 2 aromatic rings. The molecule has 2 amide bonds. The second-order valence-electron chi connectivity index (χ2n) is 15.9. The van der Waals surface area contributed by atoms with Gasteiger partial charge < -0.3 is 67.8 Å². The fourth-order valence-corrected chi connectivity index (χ4v) is 8.13. The quantitative estimate of drug-likeness (QED) is 0.141. The summed E-state index contributed by atoms with van der Waals surface area (Å²) in [5.41, 5.74) is 3.75. The van der Waals surface area contributed by atoms with E-state index in [0.29, 0.717) is 0 Å². The van der Waals surface area contributed by atoms with E-state index in [1.807, 2.05) is 48.5 Å². The summed E-state index contributed by atoms with van der Waals surface area (Å²) in [7, 11) is 0. The number of esters is 6. The molecule has 0 radical (unpaired) electrons. The Kier molecular flexibility index (Phi) is 18.0. The number of aliphatic carboxylic acids is 1. The van der Waals surface area contributed by atoms with Crippen molar-refractivity contribution >= 4 is 53.8 Å². The van der Waals surface area contributed by atoms with Crippen LogP contribution in [0, 0.1) is 0 Å². The zero-order valence-corrected chi connectivity index (χ0v) is 38.4. The second kappa shape index (κ2) is 23.4. The Morgan fingerprint density at radius 2 is 1.04 bits per heavy atom. The fraction of sp³-hybridized carbons (Fsp3) is 0.533. The minimum atomic E-state index is -1.91. The summed E-state index contributed by atoms with van der Waals surface area (Å²) in [4.78, 5) is 113. The number of hydrogen-bond acceptors (Lipinski definition) is 20. The van der Waals surface area contributed by atoms with Gasteiger partial charge in [0.25, 0.3) is 0 Å². The summed E-state index contributed by atoms with van der Waals surface area (Å²) in [6, 6.07) is 11.7. The molecule has 68 heavy (non-hydrogen) atoms. The number of carboxylic acid groups (broad SMARTS) is 1. The molecule has 12 atom stereocenters. The third kappa shape index (κ3) is 13.5. The highest BCUT2D eigenvalue weighted by atomic mass is 16.8. The Morgan fingerprint density at radius 1 is 0.574 bits per heavy atom. The number of alkyl carbamates (subject to hydrolysis) is 1. The lowest BCUT2D eigenvalue weighted by molar-refractivity contribution is -0.352. The molecule has 0 spiro atoms. The van der Waals surface area contributed by atoms with E-state index >= 15 is 0 Å². The molecule has 5 rings (SSSR count). The zero-order chi connectivity index (χ0) is 50.0. The van der Waals surface area contributed by atoms with Gasteiger partial charge >= 0.3 is 47.9 Å². The Labute approximate surface area is 389 Å². The van der Waals surface area contributed by atoms with Crippen molar-refractivity contribution < 1.29 is 100 Å². The first-order chi connectivity index (χ1) is 32.1. The standard InChI is InChI=1S/C45H54N2O21/c1-20(35(42(55)56)47-45(57)60-17-32-30-15-11-9-13-28(30)29-14-10-12-16-31(29)32)61-43-36(46-21(2)48)39(63-25(6)52)37(33(66-43)18-58-22(3)49)68-44-41(65-27(8)54)40(64-26(7)53)38(62-24(5)51)34(67-44)19-59-23(4)50/h9-16,20,32-41,43-44H,17-19H2,1-8H3,(H,46,48)(H,47,57)(H,55,56)/t20-,33-,34-,35+,36-,37-,38+,39-,40+,41-,43+,44+/m1/s1. The molecule has 2 aliphatic heterocycles. The van der Waals surface area contributed by atoms with E-state index < -0.39 is 140 Å². The molecule has 23 nitrogen and oxygen atoms in total. The van der Waals surface area contributed by atoms with Crippen LogP contribution < -0.4 is 10.6 Å². The molecule has 0 unspecified atom stereocenters. The van der Waals surface area contributed by atoms with Gasteiger partial charge in [0, 0.05) is 54.4 Å². The molecule has 0 saturated carbocycles. The van der Waals surface area contributed by atoms with E-state index in [-0.39, 0.29) is 12.5 Å². The van der Waals surface area contributed by atoms with Crippen molar-refractivity contribution in [2.75, 3.05) is 19.8 Å². The van der Waals surface area contributed by atoms with Crippen LogP contribution in [0.5, 0.6) is 0 Å². The summed E-state index contributed by atoms with van der Waals surface area (Å²) in [5, 5.41) is 15.2. The predicted octanol–water partition coefficient (Wildman–Crippen LogP) is 1.58. The van der Waals surface area contributed by atoms with Gasteiger partial charge in [0.2, 0.25) is 5.91 Å². The van der Waals surface area contributed by atoms with Crippen molar-refractivity contribution in [1.82, 2.24) is 10.6 Å². The maximum absolute atomic E-state index is 13.3. The summed E-state index contributed by atoms with van der Waals surface area (Å²) in [6.07, 6.45) is -17.9. The minimum absolute atomic E-state index is 0.152. The molecule has 2 aromatic carbocycles. The predicted molar refractivity (Wildman–Crippen MR) is 225 cm³/mol. The fourth-order valence-electron chi connectivity index (χ4n) is 8.13. The zero-order valence-electron chi connectivity index (χ0n) is 38.4. The Morgan fingerprint density at radius 3 is 1.54 bits per heavy atom. The number of fused-ring (bicyclic) bond motifs is 3. The first kappa shape index (κ1) is 52.3. The largest absolute Gasteiger partial charge is 0.480 e. The van der Waals surface area contributed by atoms with Gasteiger partial charge in [-0.05, 0) is 29.2 Å². The van der Waals surface area contributed by atoms with Crippen LogP contribution >= 0.6 is 0 Å². The SMILES string of the molecule is CC(=O)N[C@H]1[C@@H](O[C@H](C)[C@H](NC(=O)OCC2c3ccccc3-c3ccccc32)C(=O)O)O[C@H](COC(C)=O)[C@@H](O[C@@H]2O[C@H](COC(C)=O)[C@H](OC(C)=O)[C@H](OC(C)=O)[C@H]2OC(C)=O)[C@@H]1OC(C)=O. The number of nitrogens with one attached hydrogen (secondary N) is 2. The van der Waals surface area contributed by atoms with Crippen LogP contribution in [0.25, 0.3) is 11.1 Å². The number of ether oxygens (including phenoxy) is 11. The van der Waals surface area contributed by atoms with Gasteiger partial charge in [-0.25, -0.2) is 9.59 Å². The van der Waals surface area contributed by atoms with Crippen molar-refractivity contribution in [2.45, 2.75) is 135 Å². The Balaban J connectivity index is 1.46. The first-order valence-electron chi connectivity index (χ1n) is 21.3. The summed E-state index contributed by atoms with van der Waals surface area (Å²) in [6.45, 7) is 7.01. The molecular formula is C45H54N2O21. The van der Waals surface area contributed by atoms with Gasteiger partial charge in [-0.1, -0.05) is 48.5 Å². The van der Waals surface area contributed by atoms with Crippen LogP contribution in [0.3, 0.4) is 0 Å². The number of benzene rings is 2. The molecule has 2 saturated heterocycles. The molecule has 2 fully saturated rings. The maximum Gasteiger partial charge on any atom is 0.407 e. The molecule has 0 aromatic heterocycles. The smallest absolute Gasteiger partial charge is 0.407 e. The van der Waals surface area contributed by atoms with Crippen molar-refractivity contribution in [1.29, 1.82) is 0 Å². The first-order valence-corrected chi connectivity index (χ1v) is 21.3. The number of hydrogen-bond donors (Lipinski definition) is 3. The summed E-state index contributed by atoms with van der Waals surface area (Å²) < 4.78 is 63.0. The lowest BCUT2D eigenvalue weighted by Gasteiger charge is -2.49. The average molecular weight is 959 g/mol. The van der Waals surface area contributed by atoms with Gasteiger partial charge in [0.05, 0.1) is 6.10 Å². The van der Waals surface area contributed by atoms with Crippen molar-refractivity contribution in [2.24, 2.45) is 0 Å². The number of amides is 2. The Hall–Kier alpha value is -6.69. The average Bonchev–Trinajstić information content (AvgIpc) is 3.57. The van der Waals surface area contributed by atoms with E-state index in [2.05, 4.69) is 10.6 Å². The van der Waals surface area contributed by atoms with Crippen LogP contribution in [0.1, 0.15) is 72.4 Å². The van der Waals surface area contributed by atoms with Crippen molar-refractivity contribution in [3.05, 3.63) is 59.7 Å². The van der Waals surface area contributed by atoms with Gasteiger partial charge in [-0.3, -0.25) is 33.6 Å². The van der Waals surface area contributed by atoms with Gasteiger partial charge in [-0.2, -0.15) is 0 Å². The molecule has 1 aliphatic carbocycles. The molecule has 3 aliphatic rings. The van der Waals surface area contributed by atoms with Gasteiger partial charge in [-0.15, -0.1) is 0 Å². The van der Waals surface area contributed by atoms with Crippen molar-refractivity contribution in [3.63, 3.8) is 0 Å². The van der Waals surface area contributed by atoms with E-state index in [9.17, 15) is 48.3 Å². The van der Waals surface area contributed by atoms with E-state index in [1.165, 1.54) is 6.92 Å². The summed E-state index contributed by atoms with van der Waals surface area (Å²) >= 11 is 0. The third-order valence-corrected chi connectivity index (χ3v) is 10.7. The highest BCUT2D eigenvalue weighted by Gasteiger charge is 2.57. The maximum atomic E-state index is 13.3. The molecule has 370 valence electrons. The van der Waals surface area contributed by atoms with E-state index in [4.69, 9.17) is 52.1 Å². The highest BCUT2D eigenvalue weighted by molar-refractivity contribution is 5.81. The van der Waals surface area contributed by atoms with Crippen LogP contribution in [0.4, 0.5) is 4.79 Å². The molecule has 3 N–H and O–H groups in total. The monoisotopic (exact) mass is 958 g/mol. The molecule has 0 bridgehead atoms. The van der Waals surface area contributed by atoms with Crippen LogP contribution in [-0.4, -0.2) is 152 Å². The van der Waals surface area contributed by atoms with Crippen LogP contribution in [-0.2, 0) is 90.5 Å². The van der Waals surface area contributed by atoms with E-state index in [1.54, 1.807) is 0 Å². The number of carboxylic acids is 1. The lowest BCUT2D eigenvalue weighted by atomic mass is 9.94. The van der Waals surface area contributed by atoms with Gasteiger partial charge in [0.15, 0.2) is 43.0 Å². The van der Waals surface area contributed by atoms with Crippen molar-refractivity contribution in [3.8, 4) is 11.1 Å². The second-order valence-corrected chi connectivity index (χ2v) is 15.9. The molecule has 2 heterocycles. The number of carbonyl (C=O) groups is 9. The molecular weight excluding hydrogens is 904 g/mol. The minimum Gasteiger partial charge on any atom is -0.480 e. The number of rotatable bonds is 18. The van der Waals surface area contributed by atoms with Crippen LogP contribution in [0.15, 0.2) is 48.5 Å². The highest BCUT2D eigenvalue weighted by Crippen LogP contribution is 2.44. The summed E-state index contributed by atoms with van der Waals surface area (Å²) in [5.74, 6) is -8.12. The Bertz CT molecular complexity index is 2170. The third-order valence-electron chi connectivity index (χ3n) is 10.7. The topological polar surface area (TPSA) is 299 Å². The molecule has 23 heteroatoms. The van der Waals surface area contributed by atoms with E-state index in [0.717, 1.165) is 70.7 Å².